The van der Waals surface area contributed by atoms with Crippen LogP contribution in [0.5, 0.6) is 0 Å². The van der Waals surface area contributed by atoms with E-state index in [4.69, 9.17) is 0 Å². The minimum atomic E-state index is 1.19. The highest BCUT2D eigenvalue weighted by atomic mass is 13.9. The van der Waals surface area contributed by atoms with Gasteiger partial charge >= 0.3 is 0 Å². The van der Waals surface area contributed by atoms with Gasteiger partial charge in [-0.05, 0) is 12.8 Å². The van der Waals surface area contributed by atoms with Crippen molar-refractivity contribution in [2.75, 3.05) is 0 Å². The van der Waals surface area contributed by atoms with Gasteiger partial charge in [0.15, 0.2) is 0 Å². The third kappa shape index (κ3) is 22.9. The Bertz CT molecular complexity index is 94.6. The summed E-state index contributed by atoms with van der Waals surface area (Å²) < 4.78 is 0. The first kappa shape index (κ1) is 13.8. The summed E-state index contributed by atoms with van der Waals surface area (Å²) >= 11 is 0. The van der Waals surface area contributed by atoms with Crippen LogP contribution in [0.25, 0.3) is 0 Å². The van der Waals surface area contributed by atoms with E-state index in [0.29, 0.717) is 0 Å². The van der Waals surface area contributed by atoms with Gasteiger partial charge in [-0.3, -0.25) is 0 Å². The van der Waals surface area contributed by atoms with Gasteiger partial charge in [0.05, 0.1) is 0 Å². The van der Waals surface area contributed by atoms with Crippen molar-refractivity contribution in [3.8, 4) is 0 Å². The van der Waals surface area contributed by atoms with E-state index in [0.717, 1.165) is 0 Å². The summed E-state index contributed by atoms with van der Waals surface area (Å²) in [6.07, 6.45) is 11.9. The second kappa shape index (κ2) is 16.7. The molecule has 70 valence electrons. The standard InChI is InChI=1S/C8H16.C4H6/c1-3-5-7-8-6-4-2;1-3-4-2/h3H,1,4-8H2,2H3;3-4H,1-2H2. The van der Waals surface area contributed by atoms with Crippen LogP contribution >= 0.6 is 0 Å². The van der Waals surface area contributed by atoms with Crippen molar-refractivity contribution in [2.45, 2.75) is 39.0 Å². The van der Waals surface area contributed by atoms with E-state index >= 15 is 0 Å². The summed E-state index contributed by atoms with van der Waals surface area (Å²) in [5.41, 5.74) is 0. The summed E-state index contributed by atoms with van der Waals surface area (Å²) in [7, 11) is 0. The lowest BCUT2D eigenvalue weighted by atomic mass is 10.2. The fourth-order valence-corrected chi connectivity index (χ4v) is 0.715. The predicted octanol–water partition coefficient (Wildman–Crippen LogP) is 4.50. The summed E-state index contributed by atoms with van der Waals surface area (Å²) in [6, 6.07) is 0. The molecule has 0 aliphatic rings. The molecule has 0 saturated carbocycles. The highest BCUT2D eigenvalue weighted by molar-refractivity contribution is 4.88. The molecule has 0 heterocycles. The fraction of sp³-hybridized carbons (Fsp3) is 0.500. The molecule has 0 rings (SSSR count). The van der Waals surface area contributed by atoms with Crippen LogP contribution in [0.4, 0.5) is 0 Å². The largest absolute Gasteiger partial charge is 0.103 e. The van der Waals surface area contributed by atoms with Crippen LogP contribution in [0, 0.1) is 0 Å². The summed E-state index contributed by atoms with van der Waals surface area (Å²) in [5, 5.41) is 0. The zero-order valence-corrected chi connectivity index (χ0v) is 8.39. The fourth-order valence-electron chi connectivity index (χ4n) is 0.715. The zero-order chi connectivity index (χ0) is 9.66. The first-order valence-corrected chi connectivity index (χ1v) is 4.67. The van der Waals surface area contributed by atoms with Gasteiger partial charge in [-0.1, -0.05) is 57.6 Å². The molecule has 12 heavy (non-hydrogen) atoms. The Morgan fingerprint density at radius 3 is 1.83 bits per heavy atom. The first-order valence-electron chi connectivity index (χ1n) is 4.67. The third-order valence-electron chi connectivity index (χ3n) is 1.43. The lowest BCUT2D eigenvalue weighted by molar-refractivity contribution is 0.675. The molecule has 0 fully saturated rings. The summed E-state index contributed by atoms with van der Waals surface area (Å²) in [5.74, 6) is 0. The molecule has 0 radical (unpaired) electrons. The highest BCUT2D eigenvalue weighted by Crippen LogP contribution is 2.01. The van der Waals surface area contributed by atoms with Crippen molar-refractivity contribution >= 4 is 0 Å². The van der Waals surface area contributed by atoms with Gasteiger partial charge < -0.3 is 0 Å². The zero-order valence-electron chi connectivity index (χ0n) is 8.39. The molecule has 0 aliphatic carbocycles. The average Bonchev–Trinajstić information content (AvgIpc) is 2.13. The van der Waals surface area contributed by atoms with E-state index in [1.165, 1.54) is 32.1 Å². The molecule has 0 bridgehead atoms. The predicted molar refractivity (Wildman–Crippen MR) is 59.4 cm³/mol. The molecule has 0 heteroatoms. The minimum Gasteiger partial charge on any atom is -0.103 e. The number of allylic oxidation sites excluding steroid dienone is 3. The van der Waals surface area contributed by atoms with Gasteiger partial charge in [0.25, 0.3) is 0 Å². The number of hydrogen-bond acceptors (Lipinski definition) is 0. The summed E-state index contributed by atoms with van der Waals surface area (Å²) in [6.45, 7) is 12.6. The second-order valence-electron chi connectivity index (χ2n) is 2.61. The molecule has 0 aromatic heterocycles. The van der Waals surface area contributed by atoms with Crippen LogP contribution in [-0.4, -0.2) is 0 Å². The number of rotatable bonds is 6. The van der Waals surface area contributed by atoms with Gasteiger partial charge in [-0.15, -0.1) is 6.58 Å². The Kier molecular flexibility index (Phi) is 19.1. The van der Waals surface area contributed by atoms with E-state index in [1.54, 1.807) is 12.2 Å². The van der Waals surface area contributed by atoms with Gasteiger partial charge in [0.2, 0.25) is 0 Å². The van der Waals surface area contributed by atoms with Gasteiger partial charge in [0.1, 0.15) is 0 Å². The second-order valence-corrected chi connectivity index (χ2v) is 2.61. The molecule has 0 atom stereocenters. The minimum absolute atomic E-state index is 1.19. The van der Waals surface area contributed by atoms with Crippen molar-refractivity contribution in [1.82, 2.24) is 0 Å². The van der Waals surface area contributed by atoms with Crippen LogP contribution in [0.3, 0.4) is 0 Å². The van der Waals surface area contributed by atoms with Gasteiger partial charge in [0, 0.05) is 0 Å². The van der Waals surface area contributed by atoms with E-state index in [1.807, 2.05) is 6.08 Å². The Hall–Kier alpha value is -0.780. The Labute approximate surface area is 77.7 Å². The van der Waals surface area contributed by atoms with Gasteiger partial charge in [-0.2, -0.15) is 0 Å². The Morgan fingerprint density at radius 2 is 1.50 bits per heavy atom. The van der Waals surface area contributed by atoms with E-state index in [-0.39, 0.29) is 0 Å². The smallest absolute Gasteiger partial charge is 0.0353 e. The van der Waals surface area contributed by atoms with Crippen molar-refractivity contribution in [3.05, 3.63) is 38.0 Å². The number of hydrogen-bond donors (Lipinski definition) is 0. The van der Waals surface area contributed by atoms with Crippen LogP contribution in [-0.2, 0) is 0 Å². The Balaban J connectivity index is 0. The van der Waals surface area contributed by atoms with E-state index in [2.05, 4.69) is 26.7 Å². The summed E-state index contributed by atoms with van der Waals surface area (Å²) in [4.78, 5) is 0. The number of unbranched alkanes of at least 4 members (excludes halogenated alkanes) is 4. The van der Waals surface area contributed by atoms with Gasteiger partial charge in [-0.25, -0.2) is 0 Å². The molecule has 0 aliphatic heterocycles. The van der Waals surface area contributed by atoms with Crippen molar-refractivity contribution in [3.63, 3.8) is 0 Å². The van der Waals surface area contributed by atoms with Crippen LogP contribution < -0.4 is 0 Å². The van der Waals surface area contributed by atoms with E-state index in [9.17, 15) is 0 Å². The first-order chi connectivity index (χ1) is 5.83. The molecule has 0 amide bonds. The third-order valence-corrected chi connectivity index (χ3v) is 1.43. The van der Waals surface area contributed by atoms with Crippen molar-refractivity contribution < 1.29 is 0 Å². The highest BCUT2D eigenvalue weighted by Gasteiger charge is 1.81. The molecule has 0 nitrogen and oxygen atoms in total. The maximum atomic E-state index is 3.66. The average molecular weight is 166 g/mol. The topological polar surface area (TPSA) is 0 Å². The Morgan fingerprint density at radius 1 is 0.917 bits per heavy atom. The molecule has 0 unspecified atom stereocenters. The molecule has 0 spiro atoms. The maximum Gasteiger partial charge on any atom is -0.0353 e. The lowest BCUT2D eigenvalue weighted by Gasteiger charge is -1.91. The monoisotopic (exact) mass is 166 g/mol. The quantitative estimate of drug-likeness (QED) is 0.309. The molecule has 0 aromatic carbocycles. The molecular formula is C12H22. The SMILES string of the molecule is C=CC=C.C=CCCCCCC. The molecular weight excluding hydrogens is 144 g/mol. The van der Waals surface area contributed by atoms with E-state index < -0.39 is 0 Å². The molecule has 0 N–H and O–H groups in total. The maximum absolute atomic E-state index is 3.66. The van der Waals surface area contributed by atoms with Crippen LogP contribution in [0.2, 0.25) is 0 Å². The lowest BCUT2D eigenvalue weighted by Crippen LogP contribution is -1.71. The van der Waals surface area contributed by atoms with Crippen LogP contribution in [0.1, 0.15) is 39.0 Å². The van der Waals surface area contributed by atoms with Crippen molar-refractivity contribution in [1.29, 1.82) is 0 Å². The molecule has 0 saturated heterocycles. The normalized spacial score (nSPS) is 7.75. The van der Waals surface area contributed by atoms with Crippen LogP contribution in [0.15, 0.2) is 38.0 Å². The van der Waals surface area contributed by atoms with Crippen molar-refractivity contribution in [2.24, 2.45) is 0 Å². The molecule has 0 aromatic rings.